The molecule has 0 atom stereocenters. The van der Waals surface area contributed by atoms with Crippen molar-refractivity contribution in [1.82, 2.24) is 5.32 Å². The summed E-state index contributed by atoms with van der Waals surface area (Å²) in [5.74, 6) is -0.537. The quantitative estimate of drug-likeness (QED) is 0.676. The Morgan fingerprint density at radius 1 is 1.00 bits per heavy atom. The van der Waals surface area contributed by atoms with E-state index in [1.165, 1.54) is 23.5 Å². The van der Waals surface area contributed by atoms with E-state index < -0.39 is 10.0 Å². The van der Waals surface area contributed by atoms with Crippen LogP contribution in [-0.4, -0.2) is 27.6 Å². The fourth-order valence-corrected chi connectivity index (χ4v) is 4.28. The predicted octanol–water partition coefficient (Wildman–Crippen LogP) is 3.95. The van der Waals surface area contributed by atoms with Gasteiger partial charge < -0.3 is 5.32 Å². The third kappa shape index (κ3) is 4.53. The summed E-state index contributed by atoms with van der Waals surface area (Å²) in [5, 5.41) is 2.60. The van der Waals surface area contributed by atoms with Gasteiger partial charge in [-0.25, -0.2) is 12.8 Å². The van der Waals surface area contributed by atoms with Crippen LogP contribution in [0.3, 0.4) is 0 Å². The first-order valence-electron chi connectivity index (χ1n) is 7.97. The van der Waals surface area contributed by atoms with Crippen molar-refractivity contribution in [3.05, 3.63) is 65.3 Å². The molecule has 2 aromatic carbocycles. The lowest BCUT2D eigenvalue weighted by Gasteiger charge is -2.07. The van der Waals surface area contributed by atoms with Gasteiger partial charge in [0.2, 0.25) is 10.0 Å². The van der Waals surface area contributed by atoms with Crippen molar-refractivity contribution < 1.29 is 17.6 Å². The van der Waals surface area contributed by atoms with Crippen LogP contribution in [0.15, 0.2) is 54.6 Å². The summed E-state index contributed by atoms with van der Waals surface area (Å²) in [6.07, 6.45) is 1.09. The zero-order valence-corrected chi connectivity index (χ0v) is 16.2. The molecule has 0 radical (unpaired) electrons. The van der Waals surface area contributed by atoms with Crippen LogP contribution in [0.5, 0.6) is 0 Å². The number of anilines is 1. The number of carbonyl (C=O) groups is 1. The Balaban J connectivity index is 2.06. The molecule has 0 saturated carbocycles. The summed E-state index contributed by atoms with van der Waals surface area (Å²) < 4.78 is 38.4. The smallest absolute Gasteiger partial charge is 0.261 e. The van der Waals surface area contributed by atoms with Crippen molar-refractivity contribution in [2.24, 2.45) is 0 Å². The molecular weight excluding hydrogens is 387 g/mol. The standard InChI is InChI=1S/C19H17FN2O3S2/c1-21-19(23)17-11-16(18(26-17)13-3-7-14(20)8-4-13)12-5-9-15(10-6-12)22-27(2,24)25/h3-11,22H,1-2H3,(H,21,23). The van der Waals surface area contributed by atoms with Gasteiger partial charge in [0, 0.05) is 23.2 Å². The number of carbonyl (C=O) groups excluding carboxylic acids is 1. The minimum absolute atomic E-state index is 0.204. The highest BCUT2D eigenvalue weighted by molar-refractivity contribution is 7.92. The van der Waals surface area contributed by atoms with Gasteiger partial charge in [0.25, 0.3) is 5.91 Å². The highest BCUT2D eigenvalue weighted by Gasteiger charge is 2.17. The first-order chi connectivity index (χ1) is 12.8. The Labute approximate surface area is 160 Å². The van der Waals surface area contributed by atoms with Crippen molar-refractivity contribution in [3.63, 3.8) is 0 Å². The number of sulfonamides is 1. The second kappa shape index (κ2) is 7.50. The number of nitrogens with one attached hydrogen (secondary N) is 2. The number of halogens is 1. The maximum absolute atomic E-state index is 13.3. The molecule has 1 amide bonds. The monoisotopic (exact) mass is 404 g/mol. The molecule has 140 valence electrons. The van der Waals surface area contributed by atoms with Gasteiger partial charge in [0.1, 0.15) is 5.82 Å². The van der Waals surface area contributed by atoms with Crippen molar-refractivity contribution in [1.29, 1.82) is 0 Å². The number of rotatable bonds is 5. The maximum Gasteiger partial charge on any atom is 0.261 e. The van der Waals surface area contributed by atoms with Gasteiger partial charge in [-0.15, -0.1) is 11.3 Å². The molecule has 0 fully saturated rings. The summed E-state index contributed by atoms with van der Waals surface area (Å²) in [4.78, 5) is 13.4. The van der Waals surface area contributed by atoms with Crippen LogP contribution in [-0.2, 0) is 10.0 Å². The second-order valence-electron chi connectivity index (χ2n) is 5.89. The molecular formula is C19H17FN2O3S2. The topological polar surface area (TPSA) is 75.3 Å². The van der Waals surface area contributed by atoms with Crippen molar-refractivity contribution in [2.75, 3.05) is 18.0 Å². The molecule has 8 heteroatoms. The van der Waals surface area contributed by atoms with E-state index in [2.05, 4.69) is 10.0 Å². The number of amides is 1. The van der Waals surface area contributed by atoms with E-state index in [0.29, 0.717) is 10.6 Å². The Kier molecular flexibility index (Phi) is 5.29. The molecule has 3 aromatic rings. The number of thiophene rings is 1. The SMILES string of the molecule is CNC(=O)c1cc(-c2ccc(NS(C)(=O)=O)cc2)c(-c2ccc(F)cc2)s1. The van der Waals surface area contributed by atoms with Crippen LogP contribution in [0.1, 0.15) is 9.67 Å². The molecule has 1 aromatic heterocycles. The molecule has 0 aliphatic carbocycles. The number of benzene rings is 2. The van der Waals surface area contributed by atoms with Gasteiger partial charge in [-0.3, -0.25) is 9.52 Å². The van der Waals surface area contributed by atoms with E-state index in [9.17, 15) is 17.6 Å². The summed E-state index contributed by atoms with van der Waals surface area (Å²) in [6.45, 7) is 0. The van der Waals surface area contributed by atoms with Crippen LogP contribution < -0.4 is 10.0 Å². The fraction of sp³-hybridized carbons (Fsp3) is 0.105. The number of hydrogen-bond acceptors (Lipinski definition) is 4. The molecule has 1 heterocycles. The van der Waals surface area contributed by atoms with E-state index in [1.807, 2.05) is 0 Å². The van der Waals surface area contributed by atoms with Crippen LogP contribution in [0, 0.1) is 5.82 Å². The van der Waals surface area contributed by atoms with Crippen LogP contribution in [0.2, 0.25) is 0 Å². The lowest BCUT2D eigenvalue weighted by molar-refractivity contribution is 0.0967. The van der Waals surface area contributed by atoms with E-state index in [4.69, 9.17) is 0 Å². The average Bonchev–Trinajstić information content (AvgIpc) is 3.06. The highest BCUT2D eigenvalue weighted by atomic mass is 32.2. The van der Waals surface area contributed by atoms with Gasteiger partial charge >= 0.3 is 0 Å². The van der Waals surface area contributed by atoms with E-state index in [-0.39, 0.29) is 11.7 Å². The summed E-state index contributed by atoms with van der Waals surface area (Å²) >= 11 is 1.31. The van der Waals surface area contributed by atoms with Crippen molar-refractivity contribution in [3.8, 4) is 21.6 Å². The molecule has 0 spiro atoms. The molecule has 3 rings (SSSR count). The molecule has 2 N–H and O–H groups in total. The molecule has 0 aliphatic rings. The van der Waals surface area contributed by atoms with E-state index >= 15 is 0 Å². The summed E-state index contributed by atoms with van der Waals surface area (Å²) in [6, 6.07) is 14.7. The van der Waals surface area contributed by atoms with Gasteiger partial charge in [0.05, 0.1) is 11.1 Å². The summed E-state index contributed by atoms with van der Waals surface area (Å²) in [5.41, 5.74) is 2.88. The third-order valence-corrected chi connectivity index (χ3v) is 5.58. The van der Waals surface area contributed by atoms with Crippen molar-refractivity contribution in [2.45, 2.75) is 0 Å². The first-order valence-corrected chi connectivity index (χ1v) is 10.7. The average molecular weight is 404 g/mol. The predicted molar refractivity (Wildman–Crippen MR) is 107 cm³/mol. The zero-order chi connectivity index (χ0) is 19.6. The van der Waals surface area contributed by atoms with Crippen LogP contribution >= 0.6 is 11.3 Å². The van der Waals surface area contributed by atoms with Crippen LogP contribution in [0.4, 0.5) is 10.1 Å². The molecule has 0 aliphatic heterocycles. The zero-order valence-electron chi connectivity index (χ0n) is 14.6. The molecule has 0 unspecified atom stereocenters. The molecule has 0 saturated heterocycles. The second-order valence-corrected chi connectivity index (χ2v) is 8.69. The Hall–Kier alpha value is -2.71. The van der Waals surface area contributed by atoms with E-state index in [0.717, 1.165) is 27.8 Å². The first kappa shape index (κ1) is 19.1. The van der Waals surface area contributed by atoms with Gasteiger partial charge in [-0.2, -0.15) is 0 Å². The lowest BCUT2D eigenvalue weighted by atomic mass is 10.0. The lowest BCUT2D eigenvalue weighted by Crippen LogP contribution is -2.16. The van der Waals surface area contributed by atoms with Crippen LogP contribution in [0.25, 0.3) is 21.6 Å². The minimum atomic E-state index is -3.36. The third-order valence-electron chi connectivity index (χ3n) is 3.79. The highest BCUT2D eigenvalue weighted by Crippen LogP contribution is 2.39. The molecule has 0 bridgehead atoms. The van der Waals surface area contributed by atoms with Gasteiger partial charge in [-0.1, -0.05) is 24.3 Å². The van der Waals surface area contributed by atoms with E-state index in [1.54, 1.807) is 49.5 Å². The molecule has 5 nitrogen and oxygen atoms in total. The number of hydrogen-bond donors (Lipinski definition) is 2. The maximum atomic E-state index is 13.3. The minimum Gasteiger partial charge on any atom is -0.354 e. The Bertz CT molecular complexity index is 1070. The van der Waals surface area contributed by atoms with Gasteiger partial charge in [0.15, 0.2) is 0 Å². The molecule has 27 heavy (non-hydrogen) atoms. The Morgan fingerprint density at radius 2 is 1.59 bits per heavy atom. The largest absolute Gasteiger partial charge is 0.354 e. The van der Waals surface area contributed by atoms with Gasteiger partial charge in [-0.05, 0) is 41.5 Å². The van der Waals surface area contributed by atoms with Crippen molar-refractivity contribution >= 4 is 33.0 Å². The normalized spacial score (nSPS) is 11.2. The summed E-state index contributed by atoms with van der Waals surface area (Å²) in [7, 11) is -1.80. The fourth-order valence-electron chi connectivity index (χ4n) is 2.59. The Morgan fingerprint density at radius 3 is 2.15 bits per heavy atom.